The fourth-order valence-electron chi connectivity index (χ4n) is 2.77. The molecule has 0 bridgehead atoms. The summed E-state index contributed by atoms with van der Waals surface area (Å²) in [6, 6.07) is 19.7. The Morgan fingerprint density at radius 3 is 2.26 bits per heavy atom. The van der Waals surface area contributed by atoms with Crippen LogP contribution in [-0.4, -0.2) is 11.7 Å². The molecule has 0 aliphatic rings. The van der Waals surface area contributed by atoms with Gasteiger partial charge in [-0.1, -0.05) is 60.7 Å². The molecule has 1 aromatic heterocycles. The number of hydrogen-bond donors (Lipinski definition) is 0. The van der Waals surface area contributed by atoms with Crippen molar-refractivity contribution in [1.29, 1.82) is 0 Å². The van der Waals surface area contributed by atoms with Crippen molar-refractivity contribution in [2.45, 2.75) is 19.4 Å². The first-order chi connectivity index (χ1) is 11.2. The summed E-state index contributed by atoms with van der Waals surface area (Å²) in [5.41, 5.74) is 2.90. The van der Waals surface area contributed by atoms with Gasteiger partial charge in [0.2, 0.25) is 0 Å². The summed E-state index contributed by atoms with van der Waals surface area (Å²) in [6.45, 7) is 1.99. The molecule has 1 heterocycles. The van der Waals surface area contributed by atoms with Crippen LogP contribution in [0.25, 0.3) is 0 Å². The van der Waals surface area contributed by atoms with E-state index in [-0.39, 0.29) is 12.0 Å². The molecule has 0 N–H and O–H groups in total. The first kappa shape index (κ1) is 15.2. The Morgan fingerprint density at radius 2 is 1.65 bits per heavy atom. The lowest BCUT2D eigenvalue weighted by Gasteiger charge is -2.15. The van der Waals surface area contributed by atoms with Gasteiger partial charge < -0.3 is 9.15 Å². The molecule has 0 aliphatic carbocycles. The molecule has 4 nitrogen and oxygen atoms in total. The minimum absolute atomic E-state index is 0.130. The maximum Gasteiger partial charge on any atom is 0.422 e. The number of methoxy groups -OCH3 is 1. The van der Waals surface area contributed by atoms with E-state index in [2.05, 4.69) is 0 Å². The van der Waals surface area contributed by atoms with Crippen LogP contribution in [0.2, 0.25) is 0 Å². The zero-order valence-electron chi connectivity index (χ0n) is 13.2. The van der Waals surface area contributed by atoms with Crippen LogP contribution in [-0.2, 0) is 6.42 Å². The van der Waals surface area contributed by atoms with E-state index < -0.39 is 5.76 Å². The molecule has 4 heteroatoms. The molecule has 0 amide bonds. The largest absolute Gasteiger partial charge is 0.467 e. The highest BCUT2D eigenvalue weighted by Gasteiger charge is 2.22. The summed E-state index contributed by atoms with van der Waals surface area (Å²) in [6.07, 6.45) is 0.576. The lowest BCUT2D eigenvalue weighted by molar-refractivity contribution is 0.290. The summed E-state index contributed by atoms with van der Waals surface area (Å²) in [5, 5.41) is 0. The molecule has 23 heavy (non-hydrogen) atoms. The van der Waals surface area contributed by atoms with Crippen LogP contribution in [0.3, 0.4) is 0 Å². The predicted octanol–water partition coefficient (Wildman–Crippen LogP) is 3.65. The Labute approximate surface area is 135 Å². The van der Waals surface area contributed by atoms with Gasteiger partial charge in [-0.3, -0.25) is 4.57 Å². The van der Waals surface area contributed by atoms with Crippen molar-refractivity contribution >= 4 is 0 Å². The van der Waals surface area contributed by atoms with Crippen LogP contribution in [0, 0.1) is 0 Å². The van der Waals surface area contributed by atoms with Gasteiger partial charge >= 0.3 is 11.7 Å². The highest BCUT2D eigenvalue weighted by molar-refractivity contribution is 5.29. The van der Waals surface area contributed by atoms with Crippen molar-refractivity contribution in [1.82, 2.24) is 4.57 Å². The molecule has 0 aliphatic heterocycles. The average molecular weight is 309 g/mol. The van der Waals surface area contributed by atoms with Gasteiger partial charge in [0.15, 0.2) is 0 Å². The molecule has 0 saturated carbocycles. The molecule has 0 saturated heterocycles. The number of rotatable bonds is 5. The molecule has 1 atom stereocenters. The van der Waals surface area contributed by atoms with Crippen LogP contribution in [0.4, 0.5) is 0 Å². The quantitative estimate of drug-likeness (QED) is 0.722. The molecule has 1 unspecified atom stereocenters. The van der Waals surface area contributed by atoms with Crippen molar-refractivity contribution < 1.29 is 9.15 Å². The second-order valence-corrected chi connectivity index (χ2v) is 5.43. The van der Waals surface area contributed by atoms with Crippen molar-refractivity contribution in [3.8, 4) is 5.95 Å². The van der Waals surface area contributed by atoms with Crippen molar-refractivity contribution in [3.63, 3.8) is 0 Å². The Kier molecular flexibility index (Phi) is 4.33. The first-order valence-electron chi connectivity index (χ1n) is 7.57. The summed E-state index contributed by atoms with van der Waals surface area (Å²) < 4.78 is 12.2. The normalized spacial score (nSPS) is 12.1. The number of nitrogens with zero attached hydrogens (tertiary/aromatic N) is 1. The maximum absolute atomic E-state index is 12.3. The molecule has 0 radical (unpaired) electrons. The van der Waals surface area contributed by atoms with E-state index in [1.54, 1.807) is 4.57 Å². The number of ether oxygens (including phenoxy) is 1. The van der Waals surface area contributed by atoms with E-state index in [9.17, 15) is 4.79 Å². The molecule has 3 rings (SSSR count). The van der Waals surface area contributed by atoms with Crippen LogP contribution in [0.1, 0.15) is 29.8 Å². The number of oxazole rings is 1. The molecule has 2 aromatic carbocycles. The number of aromatic nitrogens is 1. The van der Waals surface area contributed by atoms with E-state index in [0.29, 0.717) is 6.42 Å². The van der Waals surface area contributed by atoms with E-state index in [0.717, 1.165) is 16.8 Å². The first-order valence-corrected chi connectivity index (χ1v) is 7.57. The highest BCUT2D eigenvalue weighted by atomic mass is 16.6. The van der Waals surface area contributed by atoms with Crippen LogP contribution < -0.4 is 10.5 Å². The van der Waals surface area contributed by atoms with Gasteiger partial charge in [-0.25, -0.2) is 4.79 Å². The van der Waals surface area contributed by atoms with Crippen LogP contribution in [0.5, 0.6) is 5.95 Å². The minimum Gasteiger partial charge on any atom is -0.467 e. The van der Waals surface area contributed by atoms with Crippen molar-refractivity contribution in [3.05, 3.63) is 88.0 Å². The van der Waals surface area contributed by atoms with Gasteiger partial charge in [-0.2, -0.15) is 0 Å². The third kappa shape index (κ3) is 3.06. The second-order valence-electron chi connectivity index (χ2n) is 5.43. The van der Waals surface area contributed by atoms with E-state index in [1.165, 1.54) is 7.11 Å². The van der Waals surface area contributed by atoms with E-state index in [4.69, 9.17) is 9.15 Å². The minimum atomic E-state index is -0.399. The van der Waals surface area contributed by atoms with Gasteiger partial charge in [-0.05, 0) is 18.1 Å². The van der Waals surface area contributed by atoms with Crippen molar-refractivity contribution in [2.24, 2.45) is 0 Å². The maximum atomic E-state index is 12.3. The average Bonchev–Trinajstić information content (AvgIpc) is 2.91. The lowest BCUT2D eigenvalue weighted by atomic mass is 10.1. The number of benzene rings is 2. The van der Waals surface area contributed by atoms with E-state index >= 15 is 0 Å². The van der Waals surface area contributed by atoms with Crippen LogP contribution >= 0.6 is 0 Å². The van der Waals surface area contributed by atoms with Gasteiger partial charge in [0.1, 0.15) is 5.69 Å². The third-order valence-corrected chi connectivity index (χ3v) is 3.97. The smallest absolute Gasteiger partial charge is 0.422 e. The Bertz CT molecular complexity index is 819. The topological polar surface area (TPSA) is 44.4 Å². The fraction of sp³-hybridized carbons (Fsp3) is 0.211. The Balaban J connectivity index is 2.06. The summed E-state index contributed by atoms with van der Waals surface area (Å²) >= 11 is 0. The Hall–Kier alpha value is -2.75. The predicted molar refractivity (Wildman–Crippen MR) is 89.0 cm³/mol. The molecule has 0 fully saturated rings. The molecular weight excluding hydrogens is 290 g/mol. The third-order valence-electron chi connectivity index (χ3n) is 3.97. The van der Waals surface area contributed by atoms with Gasteiger partial charge in [0.25, 0.3) is 0 Å². The molecule has 118 valence electrons. The Morgan fingerprint density at radius 1 is 1.04 bits per heavy atom. The molecule has 0 spiro atoms. The van der Waals surface area contributed by atoms with Crippen molar-refractivity contribution in [2.75, 3.05) is 7.11 Å². The van der Waals surface area contributed by atoms with Gasteiger partial charge in [0, 0.05) is 6.42 Å². The number of hydrogen-bond acceptors (Lipinski definition) is 3. The standard InChI is InChI=1S/C19H19NO3/c1-14(16-11-7-4-8-12-16)20-17(18(22-2)23-19(20)21)13-15-9-5-3-6-10-15/h3-12,14H,13H2,1-2H3. The van der Waals surface area contributed by atoms with E-state index in [1.807, 2.05) is 67.6 Å². The zero-order valence-corrected chi connectivity index (χ0v) is 13.2. The summed E-state index contributed by atoms with van der Waals surface area (Å²) in [4.78, 5) is 12.3. The SMILES string of the molecule is COc1oc(=O)n(C(C)c2ccccc2)c1Cc1ccccc1. The highest BCUT2D eigenvalue weighted by Crippen LogP contribution is 2.26. The van der Waals surface area contributed by atoms with Gasteiger partial charge in [0.05, 0.1) is 13.2 Å². The summed E-state index contributed by atoms with van der Waals surface area (Å²) in [5.74, 6) is -0.120. The second kappa shape index (κ2) is 6.57. The zero-order chi connectivity index (χ0) is 16.2. The van der Waals surface area contributed by atoms with Crippen LogP contribution in [0.15, 0.2) is 69.9 Å². The summed E-state index contributed by atoms with van der Waals surface area (Å²) in [7, 11) is 1.52. The fourth-order valence-corrected chi connectivity index (χ4v) is 2.77. The molecular formula is C19H19NO3. The monoisotopic (exact) mass is 309 g/mol. The lowest BCUT2D eigenvalue weighted by Crippen LogP contribution is -2.22. The van der Waals surface area contributed by atoms with Gasteiger partial charge in [-0.15, -0.1) is 0 Å². The molecule has 3 aromatic rings.